The number of carbonyl (C=O) groups is 1. The summed E-state index contributed by atoms with van der Waals surface area (Å²) in [5.74, 6) is -0.290. The highest BCUT2D eigenvalue weighted by Crippen LogP contribution is 2.36. The van der Waals surface area contributed by atoms with Crippen LogP contribution in [0.15, 0.2) is 48.1 Å². The van der Waals surface area contributed by atoms with E-state index in [0.717, 1.165) is 39.3 Å². The Hall–Kier alpha value is -3.30. The lowest BCUT2D eigenvalue weighted by Gasteiger charge is -2.09. The highest BCUT2D eigenvalue weighted by Gasteiger charge is 2.23. The summed E-state index contributed by atoms with van der Waals surface area (Å²) >= 11 is 1.35. The van der Waals surface area contributed by atoms with Gasteiger partial charge < -0.3 is 9.30 Å². The number of methoxy groups -OCH3 is 1. The van der Waals surface area contributed by atoms with E-state index in [0.29, 0.717) is 11.5 Å². The fourth-order valence-corrected chi connectivity index (χ4v) is 4.44. The number of ether oxygens (including phenoxy) is 1. The summed E-state index contributed by atoms with van der Waals surface area (Å²) in [5.41, 5.74) is 6.11. The first kappa shape index (κ1) is 20.0. The van der Waals surface area contributed by atoms with Gasteiger partial charge in [-0.25, -0.2) is 10.4 Å². The van der Waals surface area contributed by atoms with Gasteiger partial charge in [-0.3, -0.25) is 9.48 Å². The van der Waals surface area contributed by atoms with E-state index in [2.05, 4.69) is 20.6 Å². The number of hydrogen-bond donors (Lipinski definition) is 1. The second kappa shape index (κ2) is 8.60. The van der Waals surface area contributed by atoms with Crippen LogP contribution in [0.3, 0.4) is 0 Å². The maximum absolute atomic E-state index is 13.0. The third-order valence-corrected chi connectivity index (χ3v) is 5.64. The molecule has 1 N–H and O–H groups in total. The Morgan fingerprint density at radius 1 is 1.37 bits per heavy atom. The van der Waals surface area contributed by atoms with E-state index in [1.54, 1.807) is 24.2 Å². The molecule has 4 heterocycles. The number of carbonyl (C=O) groups excluding carboxylic acids is 1. The standard InChI is InChI=1S/C21H22N6O2S/c1-4-27-12-15(11-23-27)10-22-25-20(28)19-18(26-7-5-6-8-26)17-16(13-29-3)9-14(2)24-21(17)30-19/h5-12H,4,13H2,1-3H3,(H,25,28). The van der Waals surface area contributed by atoms with Gasteiger partial charge in [-0.1, -0.05) is 0 Å². The molecular weight excluding hydrogens is 400 g/mol. The summed E-state index contributed by atoms with van der Waals surface area (Å²) in [6, 6.07) is 5.84. The van der Waals surface area contributed by atoms with Crippen LogP contribution in [0.1, 0.15) is 33.4 Å². The molecule has 4 aromatic heterocycles. The molecule has 4 aromatic rings. The second-order valence-electron chi connectivity index (χ2n) is 6.73. The molecule has 0 fully saturated rings. The molecule has 9 heteroatoms. The van der Waals surface area contributed by atoms with Gasteiger partial charge in [-0.05, 0) is 37.6 Å². The first-order valence-electron chi connectivity index (χ1n) is 9.51. The van der Waals surface area contributed by atoms with Crippen LogP contribution in [-0.2, 0) is 17.9 Å². The molecule has 30 heavy (non-hydrogen) atoms. The van der Waals surface area contributed by atoms with E-state index >= 15 is 0 Å². The number of hydrazone groups is 1. The minimum atomic E-state index is -0.290. The van der Waals surface area contributed by atoms with Crippen LogP contribution in [0, 0.1) is 6.92 Å². The zero-order valence-electron chi connectivity index (χ0n) is 17.0. The first-order chi connectivity index (χ1) is 14.6. The molecule has 0 aliphatic carbocycles. The topological polar surface area (TPSA) is 86.3 Å². The Morgan fingerprint density at radius 3 is 2.87 bits per heavy atom. The Bertz CT molecular complexity index is 1210. The van der Waals surface area contributed by atoms with Crippen LogP contribution in [0.2, 0.25) is 0 Å². The second-order valence-corrected chi connectivity index (χ2v) is 7.73. The van der Waals surface area contributed by atoms with E-state index in [4.69, 9.17) is 4.74 Å². The van der Waals surface area contributed by atoms with Crippen molar-refractivity contribution in [3.05, 3.63) is 64.7 Å². The molecule has 8 nitrogen and oxygen atoms in total. The van der Waals surface area contributed by atoms with E-state index in [1.165, 1.54) is 11.3 Å². The number of fused-ring (bicyclic) bond motifs is 1. The van der Waals surface area contributed by atoms with Gasteiger partial charge in [-0.2, -0.15) is 10.2 Å². The van der Waals surface area contributed by atoms with Gasteiger partial charge in [0, 0.05) is 48.9 Å². The lowest BCUT2D eigenvalue weighted by molar-refractivity contribution is 0.0959. The molecule has 0 saturated carbocycles. The molecule has 0 radical (unpaired) electrons. The van der Waals surface area contributed by atoms with E-state index in [9.17, 15) is 4.79 Å². The Balaban J connectivity index is 1.73. The number of aryl methyl sites for hydroxylation is 2. The molecule has 0 aliphatic heterocycles. The maximum Gasteiger partial charge on any atom is 0.283 e. The zero-order valence-corrected chi connectivity index (χ0v) is 17.8. The summed E-state index contributed by atoms with van der Waals surface area (Å²) in [4.78, 5) is 19.0. The zero-order chi connectivity index (χ0) is 21.1. The van der Waals surface area contributed by atoms with Crippen molar-refractivity contribution >= 4 is 33.7 Å². The molecule has 4 rings (SSSR count). The summed E-state index contributed by atoms with van der Waals surface area (Å²) < 4.78 is 9.12. The smallest absolute Gasteiger partial charge is 0.283 e. The lowest BCUT2D eigenvalue weighted by Crippen LogP contribution is -2.18. The SMILES string of the molecule is CCn1cc(C=NNC(=O)c2sc3nc(C)cc(COC)c3c2-n2cccc2)cn1. The van der Waals surface area contributed by atoms with Crippen molar-refractivity contribution in [3.8, 4) is 5.69 Å². The minimum Gasteiger partial charge on any atom is -0.380 e. The maximum atomic E-state index is 13.0. The van der Waals surface area contributed by atoms with Crippen LogP contribution >= 0.6 is 11.3 Å². The van der Waals surface area contributed by atoms with Crippen LogP contribution in [0.4, 0.5) is 0 Å². The van der Waals surface area contributed by atoms with Crippen LogP contribution in [0.5, 0.6) is 0 Å². The molecule has 0 atom stereocenters. The summed E-state index contributed by atoms with van der Waals surface area (Å²) in [7, 11) is 1.66. The quantitative estimate of drug-likeness (QED) is 0.365. The fraction of sp³-hybridized carbons (Fsp3) is 0.238. The Labute approximate surface area is 177 Å². The number of thiophene rings is 1. The number of amides is 1. The van der Waals surface area contributed by atoms with Gasteiger partial charge in [0.1, 0.15) is 9.71 Å². The van der Waals surface area contributed by atoms with Crippen molar-refractivity contribution in [1.29, 1.82) is 0 Å². The first-order valence-corrected chi connectivity index (χ1v) is 10.3. The number of rotatable bonds is 7. The third-order valence-electron chi connectivity index (χ3n) is 4.57. The predicted molar refractivity (Wildman–Crippen MR) is 117 cm³/mol. The summed E-state index contributed by atoms with van der Waals surface area (Å²) in [5, 5.41) is 9.22. The van der Waals surface area contributed by atoms with Crippen molar-refractivity contribution in [2.24, 2.45) is 5.10 Å². The summed E-state index contributed by atoms with van der Waals surface area (Å²) in [6.45, 7) is 5.16. The molecule has 1 amide bonds. The van der Waals surface area contributed by atoms with Crippen molar-refractivity contribution in [3.63, 3.8) is 0 Å². The van der Waals surface area contributed by atoms with Crippen molar-refractivity contribution in [1.82, 2.24) is 24.8 Å². The van der Waals surface area contributed by atoms with Crippen LogP contribution in [0.25, 0.3) is 15.9 Å². The van der Waals surface area contributed by atoms with Crippen LogP contribution < -0.4 is 5.43 Å². The Kier molecular flexibility index (Phi) is 5.73. The van der Waals surface area contributed by atoms with Crippen molar-refractivity contribution in [2.75, 3.05) is 7.11 Å². The molecule has 0 unspecified atom stereocenters. The molecular formula is C21H22N6O2S. The minimum absolute atomic E-state index is 0.290. The average molecular weight is 423 g/mol. The van der Waals surface area contributed by atoms with Gasteiger partial charge in [0.05, 0.1) is 24.7 Å². The van der Waals surface area contributed by atoms with Gasteiger partial charge in [0.25, 0.3) is 5.91 Å². The number of nitrogens with zero attached hydrogens (tertiary/aromatic N) is 5. The third kappa shape index (κ3) is 3.89. The highest BCUT2D eigenvalue weighted by molar-refractivity contribution is 7.21. The molecule has 0 saturated heterocycles. The predicted octanol–water partition coefficient (Wildman–Crippen LogP) is 3.52. The molecule has 154 valence electrons. The molecule has 0 spiro atoms. The van der Waals surface area contributed by atoms with Gasteiger partial charge >= 0.3 is 0 Å². The average Bonchev–Trinajstić information content (AvgIpc) is 3.47. The normalized spacial score (nSPS) is 11.6. The highest BCUT2D eigenvalue weighted by atomic mass is 32.1. The Morgan fingerprint density at radius 2 is 2.17 bits per heavy atom. The number of nitrogens with one attached hydrogen (secondary N) is 1. The van der Waals surface area contributed by atoms with E-state index in [1.807, 2.05) is 55.2 Å². The monoisotopic (exact) mass is 422 g/mol. The largest absolute Gasteiger partial charge is 0.380 e. The van der Waals surface area contributed by atoms with Gasteiger partial charge in [0.15, 0.2) is 0 Å². The van der Waals surface area contributed by atoms with Gasteiger partial charge in [-0.15, -0.1) is 11.3 Å². The number of aromatic nitrogens is 4. The van der Waals surface area contributed by atoms with Crippen LogP contribution in [-0.4, -0.2) is 38.6 Å². The molecule has 0 bridgehead atoms. The van der Waals surface area contributed by atoms with Crippen molar-refractivity contribution < 1.29 is 9.53 Å². The van der Waals surface area contributed by atoms with E-state index in [-0.39, 0.29) is 5.91 Å². The summed E-state index contributed by atoms with van der Waals surface area (Å²) in [6.07, 6.45) is 8.98. The molecule has 0 aromatic carbocycles. The fourth-order valence-electron chi connectivity index (χ4n) is 3.28. The van der Waals surface area contributed by atoms with Gasteiger partial charge in [0.2, 0.25) is 0 Å². The van der Waals surface area contributed by atoms with Crippen molar-refractivity contribution in [2.45, 2.75) is 27.0 Å². The number of pyridine rings is 1. The molecule has 0 aliphatic rings. The number of hydrogen-bond acceptors (Lipinski definition) is 6. The van der Waals surface area contributed by atoms with E-state index < -0.39 is 0 Å². The lowest BCUT2D eigenvalue weighted by atomic mass is 10.1.